The molecule has 110 valence electrons. The van der Waals surface area contributed by atoms with Crippen LogP contribution in [-0.2, 0) is 13.1 Å². The summed E-state index contributed by atoms with van der Waals surface area (Å²) in [6.07, 6.45) is 2.86. The number of anilines is 1. The van der Waals surface area contributed by atoms with Crippen molar-refractivity contribution in [3.63, 3.8) is 0 Å². The number of fused-ring (bicyclic) bond motifs is 1. The lowest BCUT2D eigenvalue weighted by atomic mass is 10.2. The highest BCUT2D eigenvalue weighted by Gasteiger charge is 2.07. The number of rotatable bonds is 5. The van der Waals surface area contributed by atoms with Crippen LogP contribution in [0.25, 0.3) is 11.0 Å². The Balaban J connectivity index is 1.82. The van der Waals surface area contributed by atoms with Crippen molar-refractivity contribution in [2.24, 2.45) is 0 Å². The average molecular weight is 350 g/mol. The second-order valence-corrected chi connectivity index (χ2v) is 5.71. The largest absolute Gasteiger partial charge is 0.378 e. The van der Waals surface area contributed by atoms with Crippen LogP contribution in [0.4, 0.5) is 5.69 Å². The van der Waals surface area contributed by atoms with Gasteiger partial charge in [0.15, 0.2) is 0 Å². The summed E-state index contributed by atoms with van der Waals surface area (Å²) in [5.74, 6) is 0. The van der Waals surface area contributed by atoms with Crippen molar-refractivity contribution in [3.05, 3.63) is 45.0 Å². The smallest absolute Gasteiger partial charge is 0.323 e. The monoisotopic (exact) mass is 349 g/mol. The summed E-state index contributed by atoms with van der Waals surface area (Å²) in [7, 11) is 0. The van der Waals surface area contributed by atoms with Crippen LogP contribution < -0.4 is 11.0 Å². The van der Waals surface area contributed by atoms with Crippen LogP contribution in [0, 0.1) is 0 Å². The highest BCUT2D eigenvalue weighted by Crippen LogP contribution is 2.26. The van der Waals surface area contributed by atoms with Gasteiger partial charge in [-0.05, 0) is 40.5 Å². The van der Waals surface area contributed by atoms with Gasteiger partial charge in [0.1, 0.15) is 0 Å². The van der Waals surface area contributed by atoms with Gasteiger partial charge in [0.25, 0.3) is 0 Å². The van der Waals surface area contributed by atoms with Crippen LogP contribution in [0.15, 0.2) is 33.7 Å². The molecule has 0 aliphatic heterocycles. The summed E-state index contributed by atoms with van der Waals surface area (Å²) in [5, 5.41) is 7.68. The molecule has 0 bridgehead atoms. The second kappa shape index (κ2) is 5.77. The van der Waals surface area contributed by atoms with Crippen molar-refractivity contribution >= 4 is 32.7 Å². The van der Waals surface area contributed by atoms with E-state index in [-0.39, 0.29) is 5.69 Å². The number of aromatic amines is 2. The molecule has 21 heavy (non-hydrogen) atoms. The number of hydrogen-bond acceptors (Lipinski definition) is 3. The molecular weight excluding hydrogens is 334 g/mol. The molecule has 0 amide bonds. The van der Waals surface area contributed by atoms with Gasteiger partial charge >= 0.3 is 5.69 Å². The van der Waals surface area contributed by atoms with Crippen molar-refractivity contribution < 1.29 is 0 Å². The van der Waals surface area contributed by atoms with E-state index >= 15 is 0 Å². The van der Waals surface area contributed by atoms with Crippen molar-refractivity contribution in [1.29, 1.82) is 0 Å². The molecule has 2 heterocycles. The summed E-state index contributed by atoms with van der Waals surface area (Å²) in [4.78, 5) is 16.8. The first-order valence-electron chi connectivity index (χ1n) is 6.83. The summed E-state index contributed by atoms with van der Waals surface area (Å²) in [6, 6.07) is 5.81. The molecule has 3 rings (SSSR count). The SMILES string of the molecule is CCCn1nccc1CNc1cc2[nH]c(=O)[nH]c2cc1Br. The molecule has 0 fully saturated rings. The number of aryl methyl sites for hydroxylation is 1. The molecule has 0 aliphatic carbocycles. The summed E-state index contributed by atoms with van der Waals surface area (Å²) in [6.45, 7) is 3.72. The number of aromatic nitrogens is 4. The van der Waals surface area contributed by atoms with Gasteiger partial charge in [-0.2, -0.15) is 5.10 Å². The molecule has 3 N–H and O–H groups in total. The van der Waals surface area contributed by atoms with E-state index in [1.807, 2.05) is 29.1 Å². The molecule has 7 heteroatoms. The second-order valence-electron chi connectivity index (χ2n) is 4.86. The van der Waals surface area contributed by atoms with Crippen LogP contribution in [0.3, 0.4) is 0 Å². The van der Waals surface area contributed by atoms with E-state index in [9.17, 15) is 4.79 Å². The zero-order valence-corrected chi connectivity index (χ0v) is 13.2. The zero-order valence-electron chi connectivity index (χ0n) is 11.6. The van der Waals surface area contributed by atoms with Gasteiger partial charge in [-0.25, -0.2) is 4.79 Å². The molecule has 3 aromatic rings. The summed E-state index contributed by atoms with van der Waals surface area (Å²) in [5.41, 5.74) is 3.43. The zero-order chi connectivity index (χ0) is 14.8. The van der Waals surface area contributed by atoms with Gasteiger partial charge < -0.3 is 15.3 Å². The molecule has 0 saturated heterocycles. The lowest BCUT2D eigenvalue weighted by Crippen LogP contribution is -2.09. The predicted octanol–water partition coefficient (Wildman–Crippen LogP) is 2.84. The van der Waals surface area contributed by atoms with E-state index in [0.717, 1.165) is 39.9 Å². The molecule has 0 radical (unpaired) electrons. The highest BCUT2D eigenvalue weighted by atomic mass is 79.9. The molecule has 0 unspecified atom stereocenters. The maximum absolute atomic E-state index is 11.3. The number of nitrogens with one attached hydrogen (secondary N) is 3. The topological polar surface area (TPSA) is 78.5 Å². The molecule has 0 atom stereocenters. The van der Waals surface area contributed by atoms with Gasteiger partial charge in [0, 0.05) is 17.2 Å². The van der Waals surface area contributed by atoms with E-state index in [4.69, 9.17) is 0 Å². The third-order valence-corrected chi connectivity index (χ3v) is 3.96. The number of hydrogen-bond donors (Lipinski definition) is 3. The Morgan fingerprint density at radius 1 is 1.33 bits per heavy atom. The molecule has 0 aliphatic rings. The Morgan fingerprint density at radius 2 is 2.10 bits per heavy atom. The Bertz CT molecular complexity index is 816. The first kappa shape index (κ1) is 13.9. The molecule has 6 nitrogen and oxygen atoms in total. The Labute approximate surface area is 129 Å². The lowest BCUT2D eigenvalue weighted by molar-refractivity contribution is 0.578. The maximum Gasteiger partial charge on any atom is 0.323 e. The third kappa shape index (κ3) is 2.87. The van der Waals surface area contributed by atoms with E-state index < -0.39 is 0 Å². The lowest BCUT2D eigenvalue weighted by Gasteiger charge is -2.10. The van der Waals surface area contributed by atoms with Crippen molar-refractivity contribution in [2.45, 2.75) is 26.4 Å². The Hall–Kier alpha value is -2.02. The molecule has 2 aromatic heterocycles. The molecular formula is C14H16BrN5O. The number of H-pyrrole nitrogens is 2. The summed E-state index contributed by atoms with van der Waals surface area (Å²) >= 11 is 3.52. The van der Waals surface area contributed by atoms with Gasteiger partial charge in [-0.1, -0.05) is 6.92 Å². The highest BCUT2D eigenvalue weighted by molar-refractivity contribution is 9.10. The fourth-order valence-corrected chi connectivity index (χ4v) is 2.78. The summed E-state index contributed by atoms with van der Waals surface area (Å²) < 4.78 is 2.91. The number of nitrogens with zero attached hydrogens (tertiary/aromatic N) is 2. The maximum atomic E-state index is 11.3. The third-order valence-electron chi connectivity index (χ3n) is 3.30. The van der Waals surface area contributed by atoms with E-state index in [0.29, 0.717) is 6.54 Å². The fraction of sp³-hybridized carbons (Fsp3) is 0.286. The molecule has 0 saturated carbocycles. The fourth-order valence-electron chi connectivity index (χ4n) is 2.30. The molecule has 0 spiro atoms. The number of imidazole rings is 1. The predicted molar refractivity (Wildman–Crippen MR) is 86.5 cm³/mol. The first-order valence-corrected chi connectivity index (χ1v) is 7.63. The van der Waals surface area contributed by atoms with Crippen LogP contribution >= 0.6 is 15.9 Å². The standard InChI is InChI=1S/C14H16BrN5O/c1-2-5-20-9(3-4-17-20)8-16-11-7-13-12(6-10(11)15)18-14(21)19-13/h3-4,6-7,16H,2,5,8H2,1H3,(H2,18,19,21). The Morgan fingerprint density at radius 3 is 2.86 bits per heavy atom. The van der Waals surface area contributed by atoms with E-state index in [2.05, 4.69) is 43.2 Å². The normalized spacial score (nSPS) is 11.1. The van der Waals surface area contributed by atoms with Crippen LogP contribution in [0.5, 0.6) is 0 Å². The van der Waals surface area contributed by atoms with Crippen molar-refractivity contribution in [2.75, 3.05) is 5.32 Å². The minimum Gasteiger partial charge on any atom is -0.378 e. The van der Waals surface area contributed by atoms with Crippen LogP contribution in [-0.4, -0.2) is 19.7 Å². The van der Waals surface area contributed by atoms with Crippen LogP contribution in [0.1, 0.15) is 19.0 Å². The van der Waals surface area contributed by atoms with Crippen LogP contribution in [0.2, 0.25) is 0 Å². The molecule has 1 aromatic carbocycles. The number of benzene rings is 1. The van der Waals surface area contributed by atoms with Gasteiger partial charge in [0.05, 0.1) is 29.0 Å². The van der Waals surface area contributed by atoms with E-state index in [1.54, 1.807) is 0 Å². The first-order chi connectivity index (χ1) is 10.2. The quantitative estimate of drug-likeness (QED) is 0.662. The van der Waals surface area contributed by atoms with Gasteiger partial charge in [-0.15, -0.1) is 0 Å². The van der Waals surface area contributed by atoms with E-state index in [1.165, 1.54) is 0 Å². The number of halogens is 1. The van der Waals surface area contributed by atoms with Crippen molar-refractivity contribution in [1.82, 2.24) is 19.7 Å². The minimum absolute atomic E-state index is 0.199. The van der Waals surface area contributed by atoms with Gasteiger partial charge in [0.2, 0.25) is 0 Å². The van der Waals surface area contributed by atoms with Gasteiger partial charge in [-0.3, -0.25) is 4.68 Å². The average Bonchev–Trinajstić information content (AvgIpc) is 3.02. The Kier molecular flexibility index (Phi) is 3.83. The van der Waals surface area contributed by atoms with Crippen molar-refractivity contribution in [3.8, 4) is 0 Å². The minimum atomic E-state index is -0.199.